The maximum absolute atomic E-state index is 12.9. The lowest BCUT2D eigenvalue weighted by Gasteiger charge is -2.33. The fourth-order valence-electron chi connectivity index (χ4n) is 4.68. The predicted octanol–water partition coefficient (Wildman–Crippen LogP) is 4.32. The Morgan fingerprint density at radius 3 is 2.66 bits per heavy atom. The van der Waals surface area contributed by atoms with Crippen molar-refractivity contribution in [2.45, 2.75) is 39.2 Å². The number of hydrogen-bond donors (Lipinski definition) is 1. The summed E-state index contributed by atoms with van der Waals surface area (Å²) in [6.07, 6.45) is 4.41. The van der Waals surface area contributed by atoms with Crippen LogP contribution in [-0.4, -0.2) is 60.2 Å². The molecule has 0 spiro atoms. The zero-order valence-corrected chi connectivity index (χ0v) is 19.0. The molecule has 1 atom stereocenters. The van der Waals surface area contributed by atoms with Crippen molar-refractivity contribution >= 4 is 5.91 Å². The van der Waals surface area contributed by atoms with Gasteiger partial charge in [0, 0.05) is 32.1 Å². The minimum atomic E-state index is 0.0841. The SMILES string of the molecule is CCOc1cc(CN2CCCC(COc3ccccc3C(=O)N3CCCC3)C2)ccc1O. The average molecular weight is 439 g/mol. The lowest BCUT2D eigenvalue weighted by Crippen LogP contribution is -2.37. The van der Waals surface area contributed by atoms with Crippen LogP contribution in [0.3, 0.4) is 0 Å². The number of piperidine rings is 1. The third-order valence-electron chi connectivity index (χ3n) is 6.32. The zero-order chi connectivity index (χ0) is 22.3. The van der Waals surface area contributed by atoms with Gasteiger partial charge < -0.3 is 19.5 Å². The van der Waals surface area contributed by atoms with Gasteiger partial charge in [-0.1, -0.05) is 18.2 Å². The second kappa shape index (κ2) is 10.7. The molecule has 0 aliphatic carbocycles. The molecule has 2 fully saturated rings. The van der Waals surface area contributed by atoms with Crippen LogP contribution in [0.2, 0.25) is 0 Å². The fourth-order valence-corrected chi connectivity index (χ4v) is 4.68. The van der Waals surface area contributed by atoms with Crippen molar-refractivity contribution in [2.24, 2.45) is 5.92 Å². The number of amides is 1. The predicted molar refractivity (Wildman–Crippen MR) is 124 cm³/mol. The maximum atomic E-state index is 12.9. The number of likely N-dealkylation sites (tertiary alicyclic amines) is 2. The lowest BCUT2D eigenvalue weighted by molar-refractivity contribution is 0.0784. The van der Waals surface area contributed by atoms with Crippen molar-refractivity contribution in [1.29, 1.82) is 0 Å². The molecule has 0 radical (unpaired) electrons. The minimum Gasteiger partial charge on any atom is -0.504 e. The van der Waals surface area contributed by atoms with Gasteiger partial charge in [-0.3, -0.25) is 9.69 Å². The number of nitrogens with zero attached hydrogens (tertiary/aromatic N) is 2. The molecule has 2 heterocycles. The van der Waals surface area contributed by atoms with Crippen LogP contribution in [0.1, 0.15) is 48.5 Å². The van der Waals surface area contributed by atoms with E-state index in [2.05, 4.69) is 4.90 Å². The molecule has 2 aliphatic rings. The van der Waals surface area contributed by atoms with E-state index in [9.17, 15) is 9.90 Å². The van der Waals surface area contributed by atoms with Gasteiger partial charge in [-0.05, 0) is 69.0 Å². The van der Waals surface area contributed by atoms with Gasteiger partial charge in [-0.2, -0.15) is 0 Å². The summed E-state index contributed by atoms with van der Waals surface area (Å²) < 4.78 is 11.7. The first-order chi connectivity index (χ1) is 15.6. The zero-order valence-electron chi connectivity index (χ0n) is 19.0. The van der Waals surface area contributed by atoms with Crippen molar-refractivity contribution in [1.82, 2.24) is 9.80 Å². The number of ether oxygens (including phenoxy) is 2. The first kappa shape index (κ1) is 22.5. The van der Waals surface area contributed by atoms with Crippen LogP contribution in [0, 0.1) is 5.92 Å². The summed E-state index contributed by atoms with van der Waals surface area (Å²) in [7, 11) is 0. The van der Waals surface area contributed by atoms with Crippen molar-refractivity contribution < 1.29 is 19.4 Å². The molecule has 172 valence electrons. The van der Waals surface area contributed by atoms with Crippen LogP contribution >= 0.6 is 0 Å². The molecule has 2 aromatic carbocycles. The molecule has 1 N–H and O–H groups in total. The highest BCUT2D eigenvalue weighted by molar-refractivity contribution is 5.97. The summed E-state index contributed by atoms with van der Waals surface area (Å²) in [4.78, 5) is 17.2. The van der Waals surface area contributed by atoms with Gasteiger partial charge in [-0.25, -0.2) is 0 Å². The molecule has 32 heavy (non-hydrogen) atoms. The van der Waals surface area contributed by atoms with E-state index in [1.54, 1.807) is 6.07 Å². The Labute approximate surface area is 190 Å². The molecule has 6 heteroatoms. The smallest absolute Gasteiger partial charge is 0.257 e. The van der Waals surface area contributed by atoms with E-state index in [1.165, 1.54) is 0 Å². The molecule has 0 bridgehead atoms. The van der Waals surface area contributed by atoms with Crippen LogP contribution < -0.4 is 9.47 Å². The van der Waals surface area contributed by atoms with E-state index < -0.39 is 0 Å². The standard InChI is InChI=1S/C26H34N2O4/c1-2-31-25-16-20(11-12-23(25)29)17-27-13-7-8-21(18-27)19-32-24-10-4-3-9-22(24)26(30)28-14-5-6-15-28/h3-4,9-12,16,21,29H,2,5-8,13-15,17-19H2,1H3. The van der Waals surface area contributed by atoms with Gasteiger partial charge in [0.1, 0.15) is 5.75 Å². The number of para-hydroxylation sites is 1. The molecule has 2 aliphatic heterocycles. The van der Waals surface area contributed by atoms with Gasteiger partial charge in [0.05, 0.1) is 18.8 Å². The Balaban J connectivity index is 1.34. The fraction of sp³-hybridized carbons (Fsp3) is 0.500. The van der Waals surface area contributed by atoms with Crippen LogP contribution in [-0.2, 0) is 6.54 Å². The van der Waals surface area contributed by atoms with E-state index >= 15 is 0 Å². The van der Waals surface area contributed by atoms with Crippen LogP contribution in [0.25, 0.3) is 0 Å². The van der Waals surface area contributed by atoms with Gasteiger partial charge in [0.25, 0.3) is 5.91 Å². The molecule has 0 aromatic heterocycles. The number of rotatable bonds is 8. The van der Waals surface area contributed by atoms with Crippen LogP contribution in [0.15, 0.2) is 42.5 Å². The summed E-state index contributed by atoms with van der Waals surface area (Å²) in [5.41, 5.74) is 1.81. The molecule has 0 saturated carbocycles. The third kappa shape index (κ3) is 5.54. The molecular weight excluding hydrogens is 404 g/mol. The summed E-state index contributed by atoms with van der Waals surface area (Å²) >= 11 is 0. The molecular formula is C26H34N2O4. The molecule has 2 saturated heterocycles. The number of hydrogen-bond acceptors (Lipinski definition) is 5. The third-order valence-corrected chi connectivity index (χ3v) is 6.32. The van der Waals surface area contributed by atoms with Crippen molar-refractivity contribution in [3.05, 3.63) is 53.6 Å². The largest absolute Gasteiger partial charge is 0.504 e. The molecule has 1 amide bonds. The normalized spacial score (nSPS) is 19.2. The van der Waals surface area contributed by atoms with Gasteiger partial charge in [0.2, 0.25) is 0 Å². The molecule has 4 rings (SSSR count). The quantitative estimate of drug-likeness (QED) is 0.665. The van der Waals surface area contributed by atoms with Crippen LogP contribution in [0.5, 0.6) is 17.2 Å². The number of phenols is 1. The summed E-state index contributed by atoms with van der Waals surface area (Å²) in [6.45, 7) is 7.56. The van der Waals surface area contributed by atoms with E-state index in [-0.39, 0.29) is 11.7 Å². The molecule has 2 aromatic rings. The Morgan fingerprint density at radius 1 is 1.03 bits per heavy atom. The highest BCUT2D eigenvalue weighted by Gasteiger charge is 2.24. The first-order valence-electron chi connectivity index (χ1n) is 11.8. The first-order valence-corrected chi connectivity index (χ1v) is 11.8. The van der Waals surface area contributed by atoms with Crippen molar-refractivity contribution in [3.8, 4) is 17.2 Å². The number of carbonyl (C=O) groups is 1. The Bertz CT molecular complexity index is 910. The highest BCUT2D eigenvalue weighted by Crippen LogP contribution is 2.29. The number of carbonyl (C=O) groups excluding carboxylic acids is 1. The summed E-state index contributed by atoms with van der Waals surface area (Å²) in [5.74, 6) is 1.92. The number of phenolic OH excluding ortho intramolecular Hbond substituents is 1. The monoisotopic (exact) mass is 438 g/mol. The average Bonchev–Trinajstić information content (AvgIpc) is 3.35. The topological polar surface area (TPSA) is 62.2 Å². The summed E-state index contributed by atoms with van der Waals surface area (Å²) in [6, 6.07) is 13.2. The highest BCUT2D eigenvalue weighted by atomic mass is 16.5. The molecule has 1 unspecified atom stereocenters. The van der Waals surface area contributed by atoms with Crippen molar-refractivity contribution in [2.75, 3.05) is 39.4 Å². The second-order valence-corrected chi connectivity index (χ2v) is 8.78. The van der Waals surface area contributed by atoms with E-state index in [1.807, 2.05) is 48.2 Å². The van der Waals surface area contributed by atoms with Crippen molar-refractivity contribution in [3.63, 3.8) is 0 Å². The van der Waals surface area contributed by atoms with E-state index in [0.717, 1.165) is 64.0 Å². The van der Waals surface area contributed by atoms with E-state index in [0.29, 0.717) is 36.2 Å². The summed E-state index contributed by atoms with van der Waals surface area (Å²) in [5, 5.41) is 9.94. The number of benzene rings is 2. The minimum absolute atomic E-state index is 0.0841. The lowest BCUT2D eigenvalue weighted by atomic mass is 9.98. The van der Waals surface area contributed by atoms with Gasteiger partial charge in [0.15, 0.2) is 11.5 Å². The van der Waals surface area contributed by atoms with Crippen LogP contribution in [0.4, 0.5) is 0 Å². The van der Waals surface area contributed by atoms with Gasteiger partial charge in [-0.15, -0.1) is 0 Å². The number of aromatic hydroxyl groups is 1. The van der Waals surface area contributed by atoms with Gasteiger partial charge >= 0.3 is 0 Å². The van der Waals surface area contributed by atoms with E-state index in [4.69, 9.17) is 9.47 Å². The maximum Gasteiger partial charge on any atom is 0.257 e. The Kier molecular flexibility index (Phi) is 7.53. The molecule has 6 nitrogen and oxygen atoms in total. The second-order valence-electron chi connectivity index (χ2n) is 8.78. The Morgan fingerprint density at radius 2 is 1.84 bits per heavy atom. The Hall–Kier alpha value is -2.73.